The topological polar surface area (TPSA) is 35.5 Å². The smallest absolute Gasteiger partial charge is 0.0879 e. The third-order valence-electron chi connectivity index (χ3n) is 5.71. The molecule has 1 fully saturated rings. The average Bonchev–Trinajstić information content (AvgIpc) is 3.15. The zero-order valence-electron chi connectivity index (χ0n) is 13.2. The van der Waals surface area contributed by atoms with Crippen LogP contribution in [0.3, 0.4) is 0 Å². The van der Waals surface area contributed by atoms with E-state index in [1.165, 1.54) is 48.9 Å². The van der Waals surface area contributed by atoms with E-state index in [1.807, 2.05) is 0 Å². The van der Waals surface area contributed by atoms with Crippen molar-refractivity contribution in [2.45, 2.75) is 57.1 Å². The van der Waals surface area contributed by atoms with Crippen LogP contribution in [-0.4, -0.2) is 22.8 Å². The Labute approximate surface area is 133 Å². The van der Waals surface area contributed by atoms with Crippen LogP contribution in [0.2, 0.25) is 0 Å². The second-order valence-electron chi connectivity index (χ2n) is 7.01. The standard InChI is InChI=1S/C19H26N2O/c22-19(14-6-2-1-3-7-14)11-10-17-15-8-4-5-9-16(15)18-12-20-13-21(17)18/h4-5,8-9,12,14,17,19-20,22H,1-3,6-7,10-11,13H2. The lowest BCUT2D eigenvalue weighted by atomic mass is 9.83. The Morgan fingerprint density at radius 2 is 2.00 bits per heavy atom. The summed E-state index contributed by atoms with van der Waals surface area (Å²) in [6, 6.07) is 9.16. The maximum atomic E-state index is 10.6. The lowest BCUT2D eigenvalue weighted by molar-refractivity contribution is 0.0694. The molecule has 22 heavy (non-hydrogen) atoms. The molecule has 4 rings (SSSR count). The molecule has 1 aliphatic carbocycles. The first-order valence-corrected chi connectivity index (χ1v) is 8.82. The van der Waals surface area contributed by atoms with Crippen LogP contribution in [-0.2, 0) is 0 Å². The van der Waals surface area contributed by atoms with Crippen molar-refractivity contribution in [3.05, 3.63) is 41.6 Å². The number of nitrogens with zero attached hydrogens (tertiary/aromatic N) is 1. The molecule has 2 atom stereocenters. The zero-order chi connectivity index (χ0) is 14.9. The predicted molar refractivity (Wildman–Crippen MR) is 88.8 cm³/mol. The van der Waals surface area contributed by atoms with E-state index in [0.29, 0.717) is 12.0 Å². The largest absolute Gasteiger partial charge is 0.393 e. The molecule has 0 bridgehead atoms. The number of hydrogen-bond donors (Lipinski definition) is 2. The summed E-state index contributed by atoms with van der Waals surface area (Å²) in [4.78, 5) is 2.46. The van der Waals surface area contributed by atoms with E-state index in [4.69, 9.17) is 0 Å². The van der Waals surface area contributed by atoms with E-state index in [2.05, 4.69) is 40.7 Å². The predicted octanol–water partition coefficient (Wildman–Crippen LogP) is 3.62. The van der Waals surface area contributed by atoms with Crippen LogP contribution in [0.25, 0.3) is 5.70 Å². The Balaban J connectivity index is 1.45. The van der Waals surface area contributed by atoms with Crippen LogP contribution in [0, 0.1) is 5.92 Å². The van der Waals surface area contributed by atoms with Crippen LogP contribution in [0.4, 0.5) is 0 Å². The molecular weight excluding hydrogens is 272 g/mol. The van der Waals surface area contributed by atoms with Crippen LogP contribution in [0.1, 0.15) is 62.1 Å². The van der Waals surface area contributed by atoms with Crippen molar-refractivity contribution in [2.75, 3.05) is 6.67 Å². The van der Waals surface area contributed by atoms with Gasteiger partial charge in [-0.05, 0) is 37.2 Å². The lowest BCUT2D eigenvalue weighted by Crippen LogP contribution is -2.27. The normalized spacial score (nSPS) is 25.4. The number of benzene rings is 1. The highest BCUT2D eigenvalue weighted by atomic mass is 16.3. The number of aliphatic hydroxyl groups is 1. The first-order chi connectivity index (χ1) is 10.8. The molecule has 2 aliphatic heterocycles. The molecule has 1 saturated carbocycles. The summed E-state index contributed by atoms with van der Waals surface area (Å²) in [6.07, 6.45) is 10.4. The first kappa shape index (κ1) is 14.1. The summed E-state index contributed by atoms with van der Waals surface area (Å²) in [5.41, 5.74) is 4.13. The molecule has 2 N–H and O–H groups in total. The molecule has 1 aromatic carbocycles. The number of nitrogens with one attached hydrogen (secondary N) is 1. The molecule has 3 aliphatic rings. The van der Waals surface area contributed by atoms with Crippen LogP contribution in [0.15, 0.2) is 30.5 Å². The van der Waals surface area contributed by atoms with E-state index in [0.717, 1.165) is 19.5 Å². The Morgan fingerprint density at radius 3 is 2.86 bits per heavy atom. The Kier molecular flexibility index (Phi) is 3.83. The molecule has 3 heteroatoms. The van der Waals surface area contributed by atoms with Gasteiger partial charge in [0.05, 0.1) is 24.5 Å². The molecule has 0 radical (unpaired) electrons. The monoisotopic (exact) mass is 298 g/mol. The Hall–Kier alpha value is -1.48. The molecule has 0 saturated heterocycles. The fraction of sp³-hybridized carbons (Fsp3) is 0.579. The Bertz CT molecular complexity index is 562. The lowest BCUT2D eigenvalue weighted by Gasteiger charge is -2.29. The summed E-state index contributed by atoms with van der Waals surface area (Å²) in [5.74, 6) is 0.539. The van der Waals surface area contributed by atoms with E-state index >= 15 is 0 Å². The minimum atomic E-state index is -0.115. The van der Waals surface area contributed by atoms with Gasteiger partial charge in [0.25, 0.3) is 0 Å². The van der Waals surface area contributed by atoms with E-state index in [9.17, 15) is 5.11 Å². The highest BCUT2D eigenvalue weighted by Crippen LogP contribution is 2.45. The second-order valence-corrected chi connectivity index (χ2v) is 7.01. The van der Waals surface area contributed by atoms with Gasteiger partial charge in [0.1, 0.15) is 0 Å². The van der Waals surface area contributed by atoms with E-state index < -0.39 is 0 Å². The SMILES string of the molecule is OC(CCC1c2ccccc2C2=CNCN21)C1CCCCC1. The van der Waals surface area contributed by atoms with Gasteiger partial charge in [-0.25, -0.2) is 0 Å². The van der Waals surface area contributed by atoms with Gasteiger partial charge in [0.2, 0.25) is 0 Å². The Morgan fingerprint density at radius 1 is 1.18 bits per heavy atom. The molecule has 0 spiro atoms. The minimum absolute atomic E-state index is 0.115. The number of fused-ring (bicyclic) bond motifs is 3. The molecular formula is C19H26N2O. The number of hydrogen-bond acceptors (Lipinski definition) is 3. The third kappa shape index (κ3) is 2.41. The van der Waals surface area contributed by atoms with Crippen LogP contribution < -0.4 is 5.32 Å². The van der Waals surface area contributed by atoms with E-state index in [-0.39, 0.29) is 6.10 Å². The number of rotatable bonds is 4. The number of aliphatic hydroxyl groups excluding tert-OH is 1. The van der Waals surface area contributed by atoms with Crippen molar-refractivity contribution in [2.24, 2.45) is 5.92 Å². The maximum absolute atomic E-state index is 10.6. The summed E-state index contributed by atoms with van der Waals surface area (Å²) in [7, 11) is 0. The fourth-order valence-corrected chi connectivity index (χ4v) is 4.50. The molecule has 0 aromatic heterocycles. The van der Waals surface area contributed by atoms with Crippen molar-refractivity contribution >= 4 is 5.70 Å². The minimum Gasteiger partial charge on any atom is -0.393 e. The first-order valence-electron chi connectivity index (χ1n) is 8.82. The van der Waals surface area contributed by atoms with Crippen molar-refractivity contribution < 1.29 is 5.11 Å². The summed E-state index contributed by atoms with van der Waals surface area (Å²) >= 11 is 0. The quantitative estimate of drug-likeness (QED) is 0.891. The molecule has 1 aromatic rings. The van der Waals surface area contributed by atoms with Gasteiger partial charge in [-0.3, -0.25) is 0 Å². The van der Waals surface area contributed by atoms with Gasteiger partial charge in [-0.1, -0.05) is 43.5 Å². The van der Waals surface area contributed by atoms with Gasteiger partial charge in [-0.15, -0.1) is 0 Å². The van der Waals surface area contributed by atoms with Gasteiger partial charge in [0.15, 0.2) is 0 Å². The summed E-state index contributed by atoms with van der Waals surface area (Å²) < 4.78 is 0. The van der Waals surface area contributed by atoms with E-state index in [1.54, 1.807) is 0 Å². The zero-order valence-corrected chi connectivity index (χ0v) is 13.2. The van der Waals surface area contributed by atoms with Gasteiger partial charge >= 0.3 is 0 Å². The second kappa shape index (κ2) is 5.96. The highest BCUT2D eigenvalue weighted by Gasteiger charge is 2.35. The van der Waals surface area contributed by atoms with Gasteiger partial charge in [0, 0.05) is 11.8 Å². The molecule has 118 valence electrons. The maximum Gasteiger partial charge on any atom is 0.0879 e. The van der Waals surface area contributed by atoms with Crippen LogP contribution >= 0.6 is 0 Å². The summed E-state index contributed by atoms with van der Waals surface area (Å²) in [5, 5.41) is 13.9. The van der Waals surface area contributed by atoms with Crippen molar-refractivity contribution in [1.29, 1.82) is 0 Å². The fourth-order valence-electron chi connectivity index (χ4n) is 4.50. The van der Waals surface area contributed by atoms with Crippen molar-refractivity contribution in [3.63, 3.8) is 0 Å². The average molecular weight is 298 g/mol. The van der Waals surface area contributed by atoms with Gasteiger partial charge in [-0.2, -0.15) is 0 Å². The molecule has 2 unspecified atom stereocenters. The van der Waals surface area contributed by atoms with Gasteiger partial charge < -0.3 is 15.3 Å². The summed E-state index contributed by atoms with van der Waals surface area (Å²) in [6.45, 7) is 0.897. The highest BCUT2D eigenvalue weighted by molar-refractivity contribution is 5.73. The molecule has 0 amide bonds. The molecule has 2 heterocycles. The molecule has 3 nitrogen and oxygen atoms in total. The van der Waals surface area contributed by atoms with Crippen molar-refractivity contribution in [1.82, 2.24) is 10.2 Å². The van der Waals surface area contributed by atoms with Crippen molar-refractivity contribution in [3.8, 4) is 0 Å². The van der Waals surface area contributed by atoms with Crippen LogP contribution in [0.5, 0.6) is 0 Å². The third-order valence-corrected chi connectivity index (χ3v) is 5.71.